The lowest BCUT2D eigenvalue weighted by molar-refractivity contribution is -0.137. The third-order valence-electron chi connectivity index (χ3n) is 6.23. The molecule has 2 N–H and O–H groups in total. The van der Waals surface area contributed by atoms with E-state index in [1.807, 2.05) is 0 Å². The molecule has 0 aromatic carbocycles. The Morgan fingerprint density at radius 3 is 2.69 bits per heavy atom. The van der Waals surface area contributed by atoms with Gasteiger partial charge in [-0.1, -0.05) is 5.16 Å². The van der Waals surface area contributed by atoms with Crippen molar-refractivity contribution in [2.45, 2.75) is 51.4 Å². The van der Waals surface area contributed by atoms with Gasteiger partial charge >= 0.3 is 6.18 Å². The lowest BCUT2D eigenvalue weighted by atomic mass is 9.91. The highest BCUT2D eigenvalue weighted by molar-refractivity contribution is 14.2. The minimum absolute atomic E-state index is 0.00350. The number of anilines is 1. The topological polar surface area (TPSA) is 107 Å². The van der Waals surface area contributed by atoms with Crippen LogP contribution in [0.1, 0.15) is 37.9 Å². The molecular weight excluding hydrogens is 607 g/mol. The van der Waals surface area contributed by atoms with Crippen molar-refractivity contribution < 1.29 is 17.7 Å². The average Bonchev–Trinajstić information content (AvgIpc) is 3.42. The summed E-state index contributed by atoms with van der Waals surface area (Å²) < 4.78 is 48.6. The Kier molecular flexibility index (Phi) is 6.66. The fourth-order valence-corrected chi connectivity index (χ4v) is 5.59. The first-order valence-electron chi connectivity index (χ1n) is 11.2. The van der Waals surface area contributed by atoms with Crippen LogP contribution < -0.4 is 10.6 Å². The minimum atomic E-state index is -4.65. The second-order valence-electron chi connectivity index (χ2n) is 9.32. The molecule has 2 atom stereocenters. The van der Waals surface area contributed by atoms with Crippen LogP contribution in [0.2, 0.25) is 0 Å². The fourth-order valence-electron chi connectivity index (χ4n) is 4.19. The molecule has 1 saturated heterocycles. The molecule has 1 aliphatic heterocycles. The second kappa shape index (κ2) is 9.49. The number of fused-ring (bicyclic) bond motifs is 1. The van der Waals surface area contributed by atoms with E-state index in [-0.39, 0.29) is 35.3 Å². The standard InChI is InChI=1S/C22H23F3IN8OP/c1-11-14(10-35-33-11)16-5-4-13-17(32-34(36-26)19(13)30-16)18-15(22(23,24)25)9-27-20(31-18)29-12-6-7-21(2,3)28-8-12/h4-5,9-10,12,28,36H,6-8H2,1-3H3,(H,27,29,31)/t12-/m0/s1. The molecule has 190 valence electrons. The summed E-state index contributed by atoms with van der Waals surface area (Å²) in [6.45, 7) is 6.70. The molecule has 1 fully saturated rings. The lowest BCUT2D eigenvalue weighted by Crippen LogP contribution is -2.50. The van der Waals surface area contributed by atoms with Gasteiger partial charge in [0.25, 0.3) is 0 Å². The summed E-state index contributed by atoms with van der Waals surface area (Å²) in [4.78, 5) is 13.0. The Bertz CT molecular complexity index is 1410. The Labute approximate surface area is 219 Å². The third kappa shape index (κ3) is 4.92. The number of pyridine rings is 1. The smallest absolute Gasteiger partial charge is 0.364 e. The molecule has 0 aliphatic carbocycles. The van der Waals surface area contributed by atoms with Crippen LogP contribution in [0.3, 0.4) is 0 Å². The molecule has 4 aromatic heterocycles. The van der Waals surface area contributed by atoms with E-state index in [9.17, 15) is 13.2 Å². The number of nitrogens with zero attached hydrogens (tertiary/aromatic N) is 6. The van der Waals surface area contributed by atoms with Crippen LogP contribution in [0.25, 0.3) is 33.7 Å². The normalized spacial score (nSPS) is 18.4. The highest BCUT2D eigenvalue weighted by Crippen LogP contribution is 2.40. The minimum Gasteiger partial charge on any atom is -0.364 e. The Morgan fingerprint density at radius 2 is 2.06 bits per heavy atom. The van der Waals surface area contributed by atoms with Crippen LogP contribution in [-0.2, 0) is 6.18 Å². The van der Waals surface area contributed by atoms with E-state index in [1.54, 1.807) is 23.5 Å². The van der Waals surface area contributed by atoms with Crippen molar-refractivity contribution in [2.75, 3.05) is 11.9 Å². The maximum absolute atomic E-state index is 14.0. The zero-order valence-electron chi connectivity index (χ0n) is 19.6. The van der Waals surface area contributed by atoms with Gasteiger partial charge in [0.15, 0.2) is 5.65 Å². The Morgan fingerprint density at radius 1 is 1.25 bits per heavy atom. The van der Waals surface area contributed by atoms with Gasteiger partial charge in [-0.05, 0) is 67.8 Å². The number of piperidine rings is 1. The van der Waals surface area contributed by atoms with Gasteiger partial charge in [-0.25, -0.2) is 19.4 Å². The molecule has 4 aromatic rings. The Balaban J connectivity index is 1.59. The van der Waals surface area contributed by atoms with Gasteiger partial charge in [-0.15, -0.1) is 0 Å². The van der Waals surface area contributed by atoms with Crippen LogP contribution in [0, 0.1) is 6.92 Å². The molecule has 0 bridgehead atoms. The zero-order chi connectivity index (χ0) is 25.7. The summed E-state index contributed by atoms with van der Waals surface area (Å²) in [5.74, 6) is 0.133. The van der Waals surface area contributed by atoms with Crippen LogP contribution >= 0.6 is 28.4 Å². The Hall–Kier alpha value is -2.38. The lowest BCUT2D eigenvalue weighted by Gasteiger charge is -2.36. The van der Waals surface area contributed by atoms with E-state index in [4.69, 9.17) is 4.52 Å². The largest absolute Gasteiger partial charge is 0.420 e. The quantitative estimate of drug-likeness (QED) is 0.217. The molecule has 9 nitrogen and oxygen atoms in total. The summed E-state index contributed by atoms with van der Waals surface area (Å²) in [7, 11) is 0. The van der Waals surface area contributed by atoms with E-state index >= 15 is 0 Å². The van der Waals surface area contributed by atoms with Crippen molar-refractivity contribution in [3.63, 3.8) is 0 Å². The van der Waals surface area contributed by atoms with Gasteiger partial charge in [0.2, 0.25) is 5.95 Å². The van der Waals surface area contributed by atoms with E-state index in [2.05, 4.69) is 71.7 Å². The van der Waals surface area contributed by atoms with Gasteiger partial charge in [0, 0.05) is 29.7 Å². The third-order valence-corrected chi connectivity index (χ3v) is 8.08. The van der Waals surface area contributed by atoms with Crippen molar-refractivity contribution in [1.29, 1.82) is 0 Å². The highest BCUT2D eigenvalue weighted by atomic mass is 127. The number of alkyl halides is 3. The van der Waals surface area contributed by atoms with Gasteiger partial charge in [-0.2, -0.15) is 18.3 Å². The first-order chi connectivity index (χ1) is 17.1. The van der Waals surface area contributed by atoms with E-state index in [0.29, 0.717) is 34.5 Å². The number of nitrogens with one attached hydrogen (secondary N) is 2. The van der Waals surface area contributed by atoms with E-state index in [0.717, 1.165) is 19.0 Å². The van der Waals surface area contributed by atoms with Crippen molar-refractivity contribution in [3.05, 3.63) is 35.9 Å². The van der Waals surface area contributed by atoms with Gasteiger partial charge in [-0.3, -0.25) is 0 Å². The fraction of sp³-hybridized carbons (Fsp3) is 0.409. The second-order valence-corrected chi connectivity index (χ2v) is 11.4. The molecule has 0 saturated carbocycles. The van der Waals surface area contributed by atoms with Crippen LogP contribution in [0.5, 0.6) is 0 Å². The molecule has 1 unspecified atom stereocenters. The number of aromatic nitrogens is 6. The van der Waals surface area contributed by atoms with Gasteiger partial charge in [0.05, 0.1) is 23.3 Å². The van der Waals surface area contributed by atoms with Crippen molar-refractivity contribution >= 4 is 45.4 Å². The van der Waals surface area contributed by atoms with E-state index in [1.165, 1.54) is 6.26 Å². The number of hydrogen-bond acceptors (Lipinski definition) is 8. The number of halogens is 4. The number of hydrogen-bond donors (Lipinski definition) is 2. The molecule has 0 radical (unpaired) electrons. The first kappa shape index (κ1) is 25.3. The highest BCUT2D eigenvalue weighted by Gasteiger charge is 2.37. The van der Waals surface area contributed by atoms with Crippen LogP contribution in [0.15, 0.2) is 29.1 Å². The average molecular weight is 630 g/mol. The molecule has 5 heterocycles. The van der Waals surface area contributed by atoms with Crippen LogP contribution in [0.4, 0.5) is 19.1 Å². The van der Waals surface area contributed by atoms with Gasteiger partial charge in [0.1, 0.15) is 23.2 Å². The summed E-state index contributed by atoms with van der Waals surface area (Å²) in [6, 6.07) is 3.43. The monoisotopic (exact) mass is 630 g/mol. The molecule has 0 amide bonds. The SMILES string of the molecule is Cc1nocc1-c1ccc2c(-c3nc(N[C@H]4CCC(C)(C)NC4)ncc3C(F)(F)F)nn(PI)c2n1. The maximum Gasteiger partial charge on any atom is 0.420 e. The van der Waals surface area contributed by atoms with Gasteiger partial charge < -0.3 is 15.2 Å². The number of rotatable bonds is 5. The number of aryl methyl sites for hydroxylation is 1. The first-order valence-corrected chi connectivity index (χ1v) is 15.3. The van der Waals surface area contributed by atoms with Crippen molar-refractivity contribution in [1.82, 2.24) is 35.0 Å². The van der Waals surface area contributed by atoms with Crippen LogP contribution in [-0.4, -0.2) is 47.8 Å². The summed E-state index contributed by atoms with van der Waals surface area (Å²) in [5, 5.41) is 15.5. The van der Waals surface area contributed by atoms with E-state index < -0.39 is 11.7 Å². The molecule has 0 spiro atoms. The molecule has 5 rings (SSSR count). The predicted octanol–water partition coefficient (Wildman–Crippen LogP) is 5.60. The molecule has 14 heteroatoms. The van der Waals surface area contributed by atoms with Crippen molar-refractivity contribution in [3.8, 4) is 22.6 Å². The summed E-state index contributed by atoms with van der Waals surface area (Å²) in [6.07, 6.45) is -0.458. The van der Waals surface area contributed by atoms with Crippen molar-refractivity contribution in [2.24, 2.45) is 0 Å². The summed E-state index contributed by atoms with van der Waals surface area (Å²) in [5.41, 5.74) is 1.32. The summed E-state index contributed by atoms with van der Waals surface area (Å²) >= 11 is 2.12. The zero-order valence-corrected chi connectivity index (χ0v) is 22.8. The molecular formula is C22H23F3IN8OP. The molecule has 1 aliphatic rings. The maximum atomic E-state index is 14.0. The molecule has 36 heavy (non-hydrogen) atoms. The predicted molar refractivity (Wildman–Crippen MR) is 140 cm³/mol.